The summed E-state index contributed by atoms with van der Waals surface area (Å²) in [6.07, 6.45) is 5.23. The highest BCUT2D eigenvalue weighted by Gasteiger charge is 2.39. The number of nitrogens with one attached hydrogen (secondary N) is 1. The molecule has 2 aliphatic rings. The summed E-state index contributed by atoms with van der Waals surface area (Å²) in [5.41, 5.74) is 1.82. The number of benzene rings is 1. The largest absolute Gasteiger partial charge is 0.326 e. The van der Waals surface area contributed by atoms with Crippen LogP contribution in [0.1, 0.15) is 38.1 Å². The number of aromatic nitrogens is 2. The highest BCUT2D eigenvalue weighted by Crippen LogP contribution is 2.41. The number of nitriles is 1. The molecule has 1 N–H and O–H groups in total. The monoisotopic (exact) mass is 310 g/mol. The topological polar surface area (TPSA) is 64.8 Å². The first-order valence-electron chi connectivity index (χ1n) is 8.54. The Kier molecular flexibility index (Phi) is 3.50. The Labute approximate surface area is 135 Å². The highest BCUT2D eigenvalue weighted by molar-refractivity contribution is 5.75. The predicted octanol–water partition coefficient (Wildman–Crippen LogP) is 2.66. The second-order valence-electron chi connectivity index (χ2n) is 7.07. The molecule has 0 amide bonds. The van der Waals surface area contributed by atoms with Crippen LogP contribution in [0.2, 0.25) is 0 Å². The summed E-state index contributed by atoms with van der Waals surface area (Å²) in [5, 5.41) is 9.40. The Morgan fingerprint density at radius 3 is 2.65 bits per heavy atom. The molecule has 2 fully saturated rings. The van der Waals surface area contributed by atoms with E-state index >= 15 is 0 Å². The average Bonchev–Trinajstić information content (AvgIpc) is 2.87. The van der Waals surface area contributed by atoms with E-state index < -0.39 is 0 Å². The number of likely N-dealkylation sites (tertiary alicyclic amines) is 1. The summed E-state index contributed by atoms with van der Waals surface area (Å²) in [6, 6.07) is 10.7. The fraction of sp³-hybridized carbons (Fsp3) is 0.556. The van der Waals surface area contributed by atoms with Crippen LogP contribution in [0.25, 0.3) is 11.0 Å². The molecule has 4 rings (SSSR count). The van der Waals surface area contributed by atoms with E-state index in [0.29, 0.717) is 0 Å². The van der Waals surface area contributed by atoms with Crippen LogP contribution < -0.4 is 5.69 Å². The minimum atomic E-state index is -0.0928. The summed E-state index contributed by atoms with van der Waals surface area (Å²) < 4.78 is 1.93. The van der Waals surface area contributed by atoms with E-state index in [0.717, 1.165) is 56.4 Å². The molecule has 0 radical (unpaired) electrons. The molecule has 1 aromatic heterocycles. The fourth-order valence-electron chi connectivity index (χ4n) is 4.11. The van der Waals surface area contributed by atoms with E-state index in [1.54, 1.807) is 0 Å². The van der Waals surface area contributed by atoms with Crippen LogP contribution in [-0.4, -0.2) is 34.1 Å². The molecule has 2 heterocycles. The standard InChI is InChI=1S/C18H22N4O/c19-12-18(8-3-9-18)13-21-10-6-14(7-11-21)22-16-5-2-1-4-15(16)20-17(22)23/h1-2,4-5,14H,3,6-11,13H2,(H,20,23). The normalized spacial score (nSPS) is 21.9. The maximum absolute atomic E-state index is 12.3. The minimum Gasteiger partial charge on any atom is -0.306 e. The summed E-state index contributed by atoms with van der Waals surface area (Å²) >= 11 is 0. The molecule has 120 valence electrons. The van der Waals surface area contributed by atoms with Crippen molar-refractivity contribution in [2.45, 2.75) is 38.1 Å². The molecule has 23 heavy (non-hydrogen) atoms. The number of H-pyrrole nitrogens is 1. The number of rotatable bonds is 3. The number of aromatic amines is 1. The van der Waals surface area contributed by atoms with Crippen molar-refractivity contribution in [2.24, 2.45) is 5.41 Å². The summed E-state index contributed by atoms with van der Waals surface area (Å²) in [6.45, 7) is 2.85. The van der Waals surface area contributed by atoms with Crippen molar-refractivity contribution in [3.63, 3.8) is 0 Å². The summed E-state index contributed by atoms with van der Waals surface area (Å²) in [7, 11) is 0. The van der Waals surface area contributed by atoms with Gasteiger partial charge in [-0.05, 0) is 37.8 Å². The quantitative estimate of drug-likeness (QED) is 0.948. The van der Waals surface area contributed by atoms with Gasteiger partial charge in [0.1, 0.15) is 0 Å². The maximum Gasteiger partial charge on any atom is 0.326 e. The van der Waals surface area contributed by atoms with Crippen molar-refractivity contribution in [3.8, 4) is 6.07 Å². The van der Waals surface area contributed by atoms with Crippen LogP contribution in [-0.2, 0) is 0 Å². The first-order valence-corrected chi connectivity index (χ1v) is 8.54. The van der Waals surface area contributed by atoms with Crippen molar-refractivity contribution in [2.75, 3.05) is 19.6 Å². The number of hydrogen-bond acceptors (Lipinski definition) is 3. The van der Waals surface area contributed by atoms with Gasteiger partial charge in [-0.3, -0.25) is 4.57 Å². The van der Waals surface area contributed by atoms with Gasteiger partial charge in [0.2, 0.25) is 0 Å². The van der Waals surface area contributed by atoms with Crippen LogP contribution >= 0.6 is 0 Å². The number of piperidine rings is 1. The van der Waals surface area contributed by atoms with Gasteiger partial charge in [-0.25, -0.2) is 4.79 Å². The van der Waals surface area contributed by atoms with Gasteiger partial charge in [0.05, 0.1) is 22.5 Å². The molecule has 0 unspecified atom stereocenters. The van der Waals surface area contributed by atoms with Gasteiger partial charge in [-0.2, -0.15) is 5.26 Å². The lowest BCUT2D eigenvalue weighted by molar-refractivity contribution is 0.0926. The predicted molar refractivity (Wildman–Crippen MR) is 89.2 cm³/mol. The lowest BCUT2D eigenvalue weighted by Gasteiger charge is -2.42. The smallest absolute Gasteiger partial charge is 0.306 e. The lowest BCUT2D eigenvalue weighted by Crippen LogP contribution is -2.45. The van der Waals surface area contributed by atoms with Gasteiger partial charge in [0.25, 0.3) is 0 Å². The molecular weight excluding hydrogens is 288 g/mol. The van der Waals surface area contributed by atoms with Gasteiger partial charge < -0.3 is 9.88 Å². The molecule has 1 aromatic carbocycles. The van der Waals surface area contributed by atoms with Gasteiger partial charge in [-0.1, -0.05) is 18.6 Å². The molecule has 0 spiro atoms. The van der Waals surface area contributed by atoms with Gasteiger partial charge >= 0.3 is 5.69 Å². The Balaban J connectivity index is 1.48. The van der Waals surface area contributed by atoms with Crippen molar-refractivity contribution in [3.05, 3.63) is 34.7 Å². The first-order chi connectivity index (χ1) is 11.2. The Hall–Kier alpha value is -2.06. The number of fused-ring (bicyclic) bond motifs is 1. The zero-order valence-electron chi connectivity index (χ0n) is 13.3. The van der Waals surface area contributed by atoms with Crippen LogP contribution in [0.4, 0.5) is 0 Å². The number of imidazole rings is 1. The van der Waals surface area contributed by atoms with Gasteiger partial charge in [0, 0.05) is 25.7 Å². The average molecular weight is 310 g/mol. The van der Waals surface area contributed by atoms with Gasteiger partial charge in [0.15, 0.2) is 0 Å². The van der Waals surface area contributed by atoms with E-state index in [1.807, 2.05) is 28.8 Å². The van der Waals surface area contributed by atoms with Crippen LogP contribution in [0.3, 0.4) is 0 Å². The second-order valence-corrected chi connectivity index (χ2v) is 7.07. The van der Waals surface area contributed by atoms with Crippen molar-refractivity contribution >= 4 is 11.0 Å². The van der Waals surface area contributed by atoms with E-state index in [2.05, 4.69) is 16.0 Å². The zero-order valence-corrected chi connectivity index (χ0v) is 13.3. The third-order valence-corrected chi connectivity index (χ3v) is 5.62. The minimum absolute atomic E-state index is 0.00265. The van der Waals surface area contributed by atoms with E-state index in [-0.39, 0.29) is 17.1 Å². The maximum atomic E-state index is 12.3. The zero-order chi connectivity index (χ0) is 15.9. The lowest BCUT2D eigenvalue weighted by atomic mass is 9.69. The molecule has 1 saturated heterocycles. The number of hydrogen-bond donors (Lipinski definition) is 1. The van der Waals surface area contributed by atoms with Crippen LogP contribution in [0.5, 0.6) is 0 Å². The molecule has 1 aliphatic carbocycles. The Morgan fingerprint density at radius 1 is 1.26 bits per heavy atom. The van der Waals surface area contributed by atoms with E-state index in [1.165, 1.54) is 6.42 Å². The van der Waals surface area contributed by atoms with Gasteiger partial charge in [-0.15, -0.1) is 0 Å². The van der Waals surface area contributed by atoms with Crippen molar-refractivity contribution < 1.29 is 0 Å². The molecule has 0 atom stereocenters. The molecule has 5 nitrogen and oxygen atoms in total. The summed E-state index contributed by atoms with van der Waals surface area (Å²) in [4.78, 5) is 17.7. The highest BCUT2D eigenvalue weighted by atomic mass is 16.1. The van der Waals surface area contributed by atoms with Crippen LogP contribution in [0.15, 0.2) is 29.1 Å². The van der Waals surface area contributed by atoms with Crippen LogP contribution in [0, 0.1) is 16.7 Å². The molecule has 5 heteroatoms. The van der Waals surface area contributed by atoms with E-state index in [9.17, 15) is 10.1 Å². The Bertz CT molecular complexity index is 800. The Morgan fingerprint density at radius 2 is 2.00 bits per heavy atom. The number of nitrogens with zero attached hydrogens (tertiary/aromatic N) is 3. The molecule has 2 aromatic rings. The molecule has 0 bridgehead atoms. The summed E-state index contributed by atoms with van der Waals surface area (Å²) in [5.74, 6) is 0. The second kappa shape index (κ2) is 5.54. The van der Waals surface area contributed by atoms with Crippen molar-refractivity contribution in [1.29, 1.82) is 5.26 Å². The fourth-order valence-corrected chi connectivity index (χ4v) is 4.11. The number of para-hydroxylation sites is 2. The molecule has 1 aliphatic heterocycles. The molecular formula is C18H22N4O. The van der Waals surface area contributed by atoms with Crippen molar-refractivity contribution in [1.82, 2.24) is 14.5 Å². The molecule has 1 saturated carbocycles. The third kappa shape index (κ3) is 2.47. The third-order valence-electron chi connectivity index (χ3n) is 5.62. The SMILES string of the molecule is N#CC1(CN2CCC(n3c(=O)[nH]c4ccccc43)CC2)CCC1. The first kappa shape index (κ1) is 14.5. The van der Waals surface area contributed by atoms with E-state index in [4.69, 9.17) is 0 Å².